The molecule has 1 atom stereocenters. The lowest BCUT2D eigenvalue weighted by Crippen LogP contribution is -2.30. The monoisotopic (exact) mass is 251 g/mol. The third-order valence-electron chi connectivity index (χ3n) is 2.59. The molecule has 0 aliphatic rings. The van der Waals surface area contributed by atoms with E-state index in [0.29, 0.717) is 6.04 Å². The molecule has 0 aliphatic carbocycles. The molecule has 0 saturated carbocycles. The molecule has 0 fully saturated rings. The summed E-state index contributed by atoms with van der Waals surface area (Å²) in [4.78, 5) is 0. The van der Waals surface area contributed by atoms with Gasteiger partial charge in [-0.1, -0.05) is 48.4 Å². The fraction of sp³-hybridized carbons (Fsp3) is 0.467. The van der Waals surface area contributed by atoms with E-state index in [-0.39, 0.29) is 0 Å². The predicted octanol–water partition coefficient (Wildman–Crippen LogP) is 4.22. The summed E-state index contributed by atoms with van der Waals surface area (Å²) in [6.45, 7) is 7.49. The van der Waals surface area contributed by atoms with Crippen molar-refractivity contribution in [2.24, 2.45) is 0 Å². The van der Waals surface area contributed by atoms with Crippen molar-refractivity contribution in [1.82, 2.24) is 5.32 Å². The summed E-state index contributed by atoms with van der Waals surface area (Å²) in [5, 5.41) is 4.40. The fourth-order valence-corrected chi connectivity index (χ4v) is 2.04. The Morgan fingerprint density at radius 1 is 1.35 bits per heavy atom. The number of benzene rings is 1. The van der Waals surface area contributed by atoms with Crippen LogP contribution in [-0.2, 0) is 6.42 Å². The average molecular weight is 252 g/mol. The van der Waals surface area contributed by atoms with Gasteiger partial charge in [-0.15, -0.1) is 0 Å². The first-order valence-electron chi connectivity index (χ1n) is 6.25. The molecule has 0 spiro atoms. The molecule has 1 rings (SSSR count). The van der Waals surface area contributed by atoms with Crippen molar-refractivity contribution in [2.45, 2.75) is 39.7 Å². The van der Waals surface area contributed by atoms with Crippen LogP contribution in [0.1, 0.15) is 32.8 Å². The topological polar surface area (TPSA) is 12.0 Å². The SMILES string of the molecule is CCCNC(C=C(C)C)Cc1ccccc1Cl. The molecule has 1 aromatic carbocycles. The quantitative estimate of drug-likeness (QED) is 0.747. The van der Waals surface area contributed by atoms with E-state index >= 15 is 0 Å². The van der Waals surface area contributed by atoms with Gasteiger partial charge >= 0.3 is 0 Å². The molecule has 0 amide bonds. The highest BCUT2D eigenvalue weighted by Crippen LogP contribution is 2.17. The Morgan fingerprint density at radius 2 is 2.06 bits per heavy atom. The van der Waals surface area contributed by atoms with Crippen molar-refractivity contribution < 1.29 is 0 Å². The van der Waals surface area contributed by atoms with Crippen LogP contribution in [0.2, 0.25) is 5.02 Å². The Bertz CT molecular complexity index is 367. The van der Waals surface area contributed by atoms with Gasteiger partial charge in [0.1, 0.15) is 0 Å². The molecule has 0 heterocycles. The van der Waals surface area contributed by atoms with Crippen molar-refractivity contribution >= 4 is 11.6 Å². The summed E-state index contributed by atoms with van der Waals surface area (Å²) in [5.74, 6) is 0. The first kappa shape index (κ1) is 14.3. The van der Waals surface area contributed by atoms with Crippen LogP contribution in [0.25, 0.3) is 0 Å². The molecular formula is C15H22ClN. The lowest BCUT2D eigenvalue weighted by atomic mass is 10.0. The number of hydrogen-bond acceptors (Lipinski definition) is 1. The first-order valence-corrected chi connectivity index (χ1v) is 6.63. The summed E-state index contributed by atoms with van der Waals surface area (Å²) in [6, 6.07) is 8.44. The molecule has 0 saturated heterocycles. The van der Waals surface area contributed by atoms with Crippen LogP contribution >= 0.6 is 11.6 Å². The van der Waals surface area contributed by atoms with Gasteiger partial charge in [-0.25, -0.2) is 0 Å². The third kappa shape index (κ3) is 5.38. The average Bonchev–Trinajstić information content (AvgIpc) is 2.28. The van der Waals surface area contributed by atoms with E-state index < -0.39 is 0 Å². The van der Waals surface area contributed by atoms with Crippen molar-refractivity contribution in [2.75, 3.05) is 6.54 Å². The van der Waals surface area contributed by atoms with E-state index in [9.17, 15) is 0 Å². The lowest BCUT2D eigenvalue weighted by Gasteiger charge is -2.16. The van der Waals surface area contributed by atoms with Crippen LogP contribution in [0.15, 0.2) is 35.9 Å². The van der Waals surface area contributed by atoms with Gasteiger partial charge < -0.3 is 5.32 Å². The fourth-order valence-electron chi connectivity index (χ4n) is 1.82. The third-order valence-corrected chi connectivity index (χ3v) is 2.96. The smallest absolute Gasteiger partial charge is 0.0438 e. The van der Waals surface area contributed by atoms with E-state index in [0.717, 1.165) is 24.4 Å². The van der Waals surface area contributed by atoms with Gasteiger partial charge in [0.25, 0.3) is 0 Å². The highest BCUT2D eigenvalue weighted by Gasteiger charge is 2.07. The van der Waals surface area contributed by atoms with Gasteiger partial charge in [-0.3, -0.25) is 0 Å². The van der Waals surface area contributed by atoms with Crippen molar-refractivity contribution in [3.63, 3.8) is 0 Å². The minimum Gasteiger partial charge on any atom is -0.310 e. The molecule has 1 aromatic rings. The van der Waals surface area contributed by atoms with E-state index in [2.05, 4.69) is 38.2 Å². The maximum atomic E-state index is 6.19. The molecule has 17 heavy (non-hydrogen) atoms. The zero-order chi connectivity index (χ0) is 12.7. The maximum absolute atomic E-state index is 6.19. The summed E-state index contributed by atoms with van der Waals surface area (Å²) in [7, 11) is 0. The Labute approximate surface area is 110 Å². The number of hydrogen-bond donors (Lipinski definition) is 1. The summed E-state index contributed by atoms with van der Waals surface area (Å²) >= 11 is 6.19. The molecule has 0 aromatic heterocycles. The standard InChI is InChI=1S/C15H22ClN/c1-4-9-17-14(10-12(2)3)11-13-7-5-6-8-15(13)16/h5-8,10,14,17H,4,9,11H2,1-3H3. The van der Waals surface area contributed by atoms with Gasteiger partial charge in [0, 0.05) is 11.1 Å². The molecule has 1 unspecified atom stereocenters. The first-order chi connectivity index (χ1) is 8.13. The number of rotatable bonds is 6. The van der Waals surface area contributed by atoms with E-state index in [1.807, 2.05) is 18.2 Å². The summed E-state index contributed by atoms with van der Waals surface area (Å²) in [6.07, 6.45) is 4.37. The minimum absolute atomic E-state index is 0.375. The van der Waals surface area contributed by atoms with Crippen LogP contribution in [0.4, 0.5) is 0 Å². The predicted molar refractivity (Wildman–Crippen MR) is 76.7 cm³/mol. The van der Waals surface area contributed by atoms with E-state index in [1.54, 1.807) is 0 Å². The zero-order valence-electron chi connectivity index (χ0n) is 11.0. The Balaban J connectivity index is 2.72. The molecule has 1 N–H and O–H groups in total. The Hall–Kier alpha value is -0.790. The Kier molecular flexibility index (Phi) is 6.31. The number of allylic oxidation sites excluding steroid dienone is 1. The second-order valence-corrected chi connectivity index (χ2v) is 5.01. The van der Waals surface area contributed by atoms with Crippen molar-refractivity contribution in [1.29, 1.82) is 0 Å². The van der Waals surface area contributed by atoms with Gasteiger partial charge in [0.05, 0.1) is 0 Å². The maximum Gasteiger partial charge on any atom is 0.0438 e. The van der Waals surface area contributed by atoms with Crippen LogP contribution in [-0.4, -0.2) is 12.6 Å². The minimum atomic E-state index is 0.375. The highest BCUT2D eigenvalue weighted by molar-refractivity contribution is 6.31. The van der Waals surface area contributed by atoms with Crippen LogP contribution in [0, 0.1) is 0 Å². The van der Waals surface area contributed by atoms with E-state index in [4.69, 9.17) is 11.6 Å². The molecular weight excluding hydrogens is 230 g/mol. The summed E-state index contributed by atoms with van der Waals surface area (Å²) in [5.41, 5.74) is 2.55. The van der Waals surface area contributed by atoms with Crippen LogP contribution in [0.5, 0.6) is 0 Å². The van der Waals surface area contributed by atoms with Gasteiger partial charge in [-0.05, 0) is 44.9 Å². The van der Waals surface area contributed by atoms with Crippen LogP contribution < -0.4 is 5.32 Å². The number of halogens is 1. The molecule has 0 aliphatic heterocycles. The van der Waals surface area contributed by atoms with Gasteiger partial charge in [-0.2, -0.15) is 0 Å². The lowest BCUT2D eigenvalue weighted by molar-refractivity contribution is 0.582. The molecule has 94 valence electrons. The highest BCUT2D eigenvalue weighted by atomic mass is 35.5. The molecule has 1 nitrogen and oxygen atoms in total. The van der Waals surface area contributed by atoms with Gasteiger partial charge in [0.15, 0.2) is 0 Å². The normalized spacial score (nSPS) is 12.2. The Morgan fingerprint density at radius 3 is 2.65 bits per heavy atom. The second kappa shape index (κ2) is 7.52. The largest absolute Gasteiger partial charge is 0.310 e. The summed E-state index contributed by atoms with van der Waals surface area (Å²) < 4.78 is 0. The second-order valence-electron chi connectivity index (χ2n) is 4.60. The number of nitrogens with one attached hydrogen (secondary N) is 1. The zero-order valence-corrected chi connectivity index (χ0v) is 11.7. The van der Waals surface area contributed by atoms with Crippen LogP contribution in [0.3, 0.4) is 0 Å². The molecule has 0 radical (unpaired) electrons. The van der Waals surface area contributed by atoms with Crippen molar-refractivity contribution in [3.05, 3.63) is 46.5 Å². The van der Waals surface area contributed by atoms with Gasteiger partial charge in [0.2, 0.25) is 0 Å². The molecule has 2 heteroatoms. The molecule has 0 bridgehead atoms. The van der Waals surface area contributed by atoms with E-state index in [1.165, 1.54) is 11.1 Å². The van der Waals surface area contributed by atoms with Crippen molar-refractivity contribution in [3.8, 4) is 0 Å².